The van der Waals surface area contributed by atoms with Crippen molar-refractivity contribution in [3.05, 3.63) is 17.6 Å². The SMILES string of the molecule is CCC1(NS(=O)(=O)c2cc(CO)oc2C)CCC1. The lowest BCUT2D eigenvalue weighted by molar-refractivity contribution is 0.213. The molecule has 0 spiro atoms. The van der Waals surface area contributed by atoms with Gasteiger partial charge in [-0.25, -0.2) is 13.1 Å². The van der Waals surface area contributed by atoms with Gasteiger partial charge in [0.15, 0.2) is 0 Å². The third-order valence-corrected chi connectivity index (χ3v) is 5.39. The fourth-order valence-electron chi connectivity index (χ4n) is 2.34. The summed E-state index contributed by atoms with van der Waals surface area (Å²) in [6.45, 7) is 3.28. The zero-order valence-corrected chi connectivity index (χ0v) is 11.5. The minimum atomic E-state index is -3.57. The van der Waals surface area contributed by atoms with Crippen LogP contribution in [0.1, 0.15) is 44.1 Å². The summed E-state index contributed by atoms with van der Waals surface area (Å²) < 4.78 is 32.6. The summed E-state index contributed by atoms with van der Waals surface area (Å²) in [4.78, 5) is 0.131. The minimum absolute atomic E-state index is 0.131. The molecule has 5 nitrogen and oxygen atoms in total. The van der Waals surface area contributed by atoms with Crippen LogP contribution < -0.4 is 4.72 Å². The molecule has 1 saturated carbocycles. The second-order valence-corrected chi connectivity index (χ2v) is 6.54. The van der Waals surface area contributed by atoms with E-state index < -0.39 is 10.0 Å². The lowest BCUT2D eigenvalue weighted by Gasteiger charge is -2.41. The Labute approximate surface area is 107 Å². The zero-order valence-electron chi connectivity index (χ0n) is 10.7. The van der Waals surface area contributed by atoms with Crippen LogP contribution in [0.5, 0.6) is 0 Å². The highest BCUT2D eigenvalue weighted by Crippen LogP contribution is 2.36. The molecule has 0 aliphatic heterocycles. The first-order valence-corrected chi connectivity index (χ1v) is 7.65. The van der Waals surface area contributed by atoms with Crippen LogP contribution in [0.3, 0.4) is 0 Å². The van der Waals surface area contributed by atoms with Crippen LogP contribution in [-0.2, 0) is 16.6 Å². The molecular formula is C12H19NO4S. The molecule has 0 saturated heterocycles. The van der Waals surface area contributed by atoms with Crippen LogP contribution in [0.15, 0.2) is 15.4 Å². The molecule has 0 unspecified atom stereocenters. The van der Waals surface area contributed by atoms with Gasteiger partial charge in [-0.1, -0.05) is 6.92 Å². The topological polar surface area (TPSA) is 79.5 Å². The van der Waals surface area contributed by atoms with Gasteiger partial charge < -0.3 is 9.52 Å². The predicted octanol–water partition coefficient (Wildman–Crippen LogP) is 1.69. The molecule has 1 aliphatic carbocycles. The fraction of sp³-hybridized carbons (Fsp3) is 0.667. The van der Waals surface area contributed by atoms with Crippen LogP contribution in [0, 0.1) is 6.92 Å². The predicted molar refractivity (Wildman–Crippen MR) is 66.6 cm³/mol. The van der Waals surface area contributed by atoms with Gasteiger partial charge in [-0.3, -0.25) is 0 Å². The van der Waals surface area contributed by atoms with Gasteiger partial charge in [0.2, 0.25) is 10.0 Å². The van der Waals surface area contributed by atoms with Gasteiger partial charge in [0.05, 0.1) is 0 Å². The molecule has 1 fully saturated rings. The van der Waals surface area contributed by atoms with Gasteiger partial charge in [-0.2, -0.15) is 0 Å². The highest BCUT2D eigenvalue weighted by atomic mass is 32.2. The molecule has 2 N–H and O–H groups in total. The lowest BCUT2D eigenvalue weighted by atomic mass is 9.76. The molecule has 1 aromatic heterocycles. The highest BCUT2D eigenvalue weighted by Gasteiger charge is 2.39. The number of aryl methyl sites for hydroxylation is 1. The molecule has 0 aromatic carbocycles. The van der Waals surface area contributed by atoms with E-state index in [0.29, 0.717) is 5.76 Å². The van der Waals surface area contributed by atoms with E-state index in [0.717, 1.165) is 25.7 Å². The average molecular weight is 273 g/mol. The van der Waals surface area contributed by atoms with E-state index in [1.807, 2.05) is 6.92 Å². The summed E-state index contributed by atoms with van der Waals surface area (Å²) in [6, 6.07) is 1.39. The van der Waals surface area contributed by atoms with E-state index in [1.165, 1.54) is 6.07 Å². The fourth-order valence-corrected chi connectivity index (χ4v) is 4.08. The van der Waals surface area contributed by atoms with Crippen molar-refractivity contribution < 1.29 is 17.9 Å². The van der Waals surface area contributed by atoms with Crippen molar-refractivity contribution in [1.29, 1.82) is 0 Å². The Balaban J connectivity index is 2.27. The Morgan fingerprint density at radius 2 is 2.17 bits per heavy atom. The number of aliphatic hydroxyl groups excluding tert-OH is 1. The summed E-state index contributed by atoms with van der Waals surface area (Å²) in [5, 5.41) is 8.97. The Kier molecular flexibility index (Phi) is 3.53. The molecule has 0 bridgehead atoms. The van der Waals surface area contributed by atoms with Crippen molar-refractivity contribution >= 4 is 10.0 Å². The van der Waals surface area contributed by atoms with E-state index in [4.69, 9.17) is 9.52 Å². The molecule has 1 aromatic rings. The molecule has 0 radical (unpaired) electrons. The lowest BCUT2D eigenvalue weighted by Crippen LogP contribution is -2.52. The highest BCUT2D eigenvalue weighted by molar-refractivity contribution is 7.89. The summed E-state index contributed by atoms with van der Waals surface area (Å²) in [6.07, 6.45) is 3.61. The van der Waals surface area contributed by atoms with E-state index in [9.17, 15) is 8.42 Å². The van der Waals surface area contributed by atoms with Crippen LogP contribution in [0.2, 0.25) is 0 Å². The summed E-state index contributed by atoms with van der Waals surface area (Å²) >= 11 is 0. The van der Waals surface area contributed by atoms with Crippen molar-refractivity contribution in [2.45, 2.75) is 56.6 Å². The van der Waals surface area contributed by atoms with Crippen molar-refractivity contribution in [2.24, 2.45) is 0 Å². The Hall–Kier alpha value is -0.850. The van der Waals surface area contributed by atoms with Crippen LogP contribution in [-0.4, -0.2) is 19.1 Å². The molecule has 18 heavy (non-hydrogen) atoms. The molecule has 1 aliphatic rings. The molecular weight excluding hydrogens is 254 g/mol. The summed E-state index contributed by atoms with van der Waals surface area (Å²) in [7, 11) is -3.57. The normalized spacial score (nSPS) is 18.6. The van der Waals surface area contributed by atoms with Gasteiger partial charge >= 0.3 is 0 Å². The number of furan rings is 1. The van der Waals surface area contributed by atoms with Crippen LogP contribution in [0.4, 0.5) is 0 Å². The number of aliphatic hydroxyl groups is 1. The number of hydrogen-bond donors (Lipinski definition) is 2. The minimum Gasteiger partial charge on any atom is -0.462 e. The molecule has 0 amide bonds. The number of sulfonamides is 1. The van der Waals surface area contributed by atoms with Crippen molar-refractivity contribution in [3.63, 3.8) is 0 Å². The first kappa shape index (κ1) is 13.6. The molecule has 1 heterocycles. The third kappa shape index (κ3) is 2.32. The largest absolute Gasteiger partial charge is 0.462 e. The summed E-state index contributed by atoms with van der Waals surface area (Å²) in [5.41, 5.74) is -0.290. The summed E-state index contributed by atoms with van der Waals surface area (Å²) in [5.74, 6) is 0.587. The molecule has 6 heteroatoms. The van der Waals surface area contributed by atoms with Gasteiger partial charge in [0, 0.05) is 11.6 Å². The van der Waals surface area contributed by atoms with Crippen LogP contribution >= 0.6 is 0 Å². The Bertz CT molecular complexity index is 523. The molecule has 102 valence electrons. The van der Waals surface area contributed by atoms with Crippen molar-refractivity contribution in [2.75, 3.05) is 0 Å². The van der Waals surface area contributed by atoms with E-state index in [1.54, 1.807) is 6.92 Å². The van der Waals surface area contributed by atoms with Crippen molar-refractivity contribution in [3.8, 4) is 0 Å². The first-order chi connectivity index (χ1) is 8.42. The van der Waals surface area contributed by atoms with E-state index in [2.05, 4.69) is 4.72 Å². The maximum Gasteiger partial charge on any atom is 0.244 e. The first-order valence-electron chi connectivity index (χ1n) is 6.16. The quantitative estimate of drug-likeness (QED) is 0.855. The number of nitrogens with one attached hydrogen (secondary N) is 1. The Morgan fingerprint density at radius 1 is 1.50 bits per heavy atom. The molecule has 0 atom stereocenters. The van der Waals surface area contributed by atoms with Crippen molar-refractivity contribution in [1.82, 2.24) is 4.72 Å². The van der Waals surface area contributed by atoms with Gasteiger partial charge in [0.1, 0.15) is 23.0 Å². The third-order valence-electron chi connectivity index (χ3n) is 3.71. The standard InChI is InChI=1S/C12H19NO4S/c1-3-12(5-4-6-12)13-18(15,16)11-7-10(8-14)17-9(11)2/h7,13-14H,3-6,8H2,1-2H3. The molecule has 2 rings (SSSR count). The average Bonchev–Trinajstić information content (AvgIpc) is 2.66. The van der Waals surface area contributed by atoms with Crippen LogP contribution in [0.25, 0.3) is 0 Å². The second-order valence-electron chi connectivity index (χ2n) is 4.88. The monoisotopic (exact) mass is 273 g/mol. The van der Waals surface area contributed by atoms with E-state index in [-0.39, 0.29) is 22.8 Å². The van der Waals surface area contributed by atoms with Gasteiger partial charge in [-0.05, 0) is 32.6 Å². The smallest absolute Gasteiger partial charge is 0.244 e. The number of hydrogen-bond acceptors (Lipinski definition) is 4. The zero-order chi connectivity index (χ0) is 13.4. The Morgan fingerprint density at radius 3 is 2.56 bits per heavy atom. The second kappa shape index (κ2) is 4.68. The number of rotatable bonds is 5. The maximum atomic E-state index is 12.3. The maximum absolute atomic E-state index is 12.3. The van der Waals surface area contributed by atoms with Gasteiger partial charge in [0.25, 0.3) is 0 Å². The van der Waals surface area contributed by atoms with E-state index >= 15 is 0 Å². The van der Waals surface area contributed by atoms with Gasteiger partial charge in [-0.15, -0.1) is 0 Å².